The van der Waals surface area contributed by atoms with Crippen LogP contribution in [0.25, 0.3) is 22.2 Å². The van der Waals surface area contributed by atoms with Crippen molar-refractivity contribution >= 4 is 22.6 Å². The molecule has 30 heavy (non-hydrogen) atoms. The van der Waals surface area contributed by atoms with Crippen LogP contribution in [0.2, 0.25) is 0 Å². The lowest BCUT2D eigenvalue weighted by Crippen LogP contribution is -2.33. The number of fused-ring (bicyclic) bond motifs is 5. The molecule has 0 unspecified atom stereocenters. The first-order valence-corrected chi connectivity index (χ1v) is 10.6. The van der Waals surface area contributed by atoms with Crippen molar-refractivity contribution in [2.75, 3.05) is 18.0 Å². The van der Waals surface area contributed by atoms with E-state index in [0.29, 0.717) is 0 Å². The van der Waals surface area contributed by atoms with Crippen molar-refractivity contribution in [2.24, 2.45) is 5.41 Å². The largest absolute Gasteiger partial charge is 0.477 e. The number of carboxylic acid groups (broad SMARTS) is 1. The van der Waals surface area contributed by atoms with Crippen LogP contribution in [-0.2, 0) is 6.42 Å². The van der Waals surface area contributed by atoms with Crippen LogP contribution in [0.1, 0.15) is 55.6 Å². The number of aromatic nitrogens is 2. The summed E-state index contributed by atoms with van der Waals surface area (Å²) in [6, 6.07) is 5.90. The van der Waals surface area contributed by atoms with E-state index in [1.807, 2.05) is 10.8 Å². The van der Waals surface area contributed by atoms with Gasteiger partial charge in [-0.2, -0.15) is 0 Å². The third-order valence-electron chi connectivity index (χ3n) is 6.70. The standard InChI is InChI=1S/C24H27N3O3/c1-24(2,3)21-11-15-14-6-7-25-22(14)19(26-8-4-5-9-26)10-16(15)18-12-20(28)17(23(29)30)13-27(18)21/h6-7,10,12-13,21,25H,4-5,8-9,11H2,1-3H3,(H,29,30)/t21-/m0/s1. The fourth-order valence-corrected chi connectivity index (χ4v) is 5.13. The summed E-state index contributed by atoms with van der Waals surface area (Å²) in [5.41, 5.74) is 4.70. The molecule has 2 aliphatic heterocycles. The van der Waals surface area contributed by atoms with E-state index in [0.717, 1.165) is 36.3 Å². The van der Waals surface area contributed by atoms with Gasteiger partial charge in [-0.15, -0.1) is 0 Å². The Labute approximate surface area is 175 Å². The fraction of sp³-hybridized carbons (Fsp3) is 0.417. The molecule has 5 rings (SSSR count). The van der Waals surface area contributed by atoms with Crippen LogP contribution < -0.4 is 10.3 Å². The van der Waals surface area contributed by atoms with Crippen molar-refractivity contribution in [2.45, 2.75) is 46.1 Å². The van der Waals surface area contributed by atoms with Gasteiger partial charge in [-0.3, -0.25) is 4.79 Å². The Morgan fingerprint density at radius 1 is 1.20 bits per heavy atom. The minimum atomic E-state index is -1.17. The molecule has 1 fully saturated rings. The molecule has 0 aliphatic carbocycles. The van der Waals surface area contributed by atoms with Crippen LogP contribution in [0.15, 0.2) is 35.4 Å². The molecule has 0 radical (unpaired) electrons. The van der Waals surface area contributed by atoms with Crippen molar-refractivity contribution in [3.63, 3.8) is 0 Å². The highest BCUT2D eigenvalue weighted by Gasteiger charge is 2.35. The molecule has 3 aromatic rings. The lowest BCUT2D eigenvalue weighted by Gasteiger charge is -2.39. The molecule has 1 atom stereocenters. The Balaban J connectivity index is 1.83. The van der Waals surface area contributed by atoms with E-state index in [1.54, 1.807) is 6.20 Å². The molecule has 0 bridgehead atoms. The first-order chi connectivity index (χ1) is 14.3. The van der Waals surface area contributed by atoms with Gasteiger partial charge >= 0.3 is 5.97 Å². The van der Waals surface area contributed by atoms with E-state index in [-0.39, 0.29) is 17.0 Å². The number of nitrogens with zero attached hydrogens (tertiary/aromatic N) is 2. The second kappa shape index (κ2) is 6.49. The summed E-state index contributed by atoms with van der Waals surface area (Å²) in [7, 11) is 0. The lowest BCUT2D eigenvalue weighted by molar-refractivity contribution is 0.0693. The molecule has 1 saturated heterocycles. The number of nitrogens with one attached hydrogen (secondary N) is 1. The highest BCUT2D eigenvalue weighted by molar-refractivity contribution is 5.99. The maximum absolute atomic E-state index is 12.6. The average Bonchev–Trinajstić information content (AvgIpc) is 3.37. The van der Waals surface area contributed by atoms with Crippen LogP contribution in [0.3, 0.4) is 0 Å². The Bertz CT molecular complexity index is 1220. The van der Waals surface area contributed by atoms with E-state index in [9.17, 15) is 14.7 Å². The van der Waals surface area contributed by atoms with Crippen LogP contribution in [0.5, 0.6) is 0 Å². The highest BCUT2D eigenvalue weighted by Crippen LogP contribution is 2.46. The molecule has 1 aromatic carbocycles. The number of benzene rings is 1. The van der Waals surface area contributed by atoms with Gasteiger partial charge in [-0.1, -0.05) is 20.8 Å². The van der Waals surface area contributed by atoms with Crippen LogP contribution in [-0.4, -0.2) is 33.7 Å². The molecular weight excluding hydrogens is 378 g/mol. The molecule has 2 aromatic heterocycles. The number of carbonyl (C=O) groups is 1. The van der Waals surface area contributed by atoms with Crippen molar-refractivity contribution in [3.05, 3.63) is 51.9 Å². The number of anilines is 1. The molecule has 2 aliphatic rings. The monoisotopic (exact) mass is 405 g/mol. The molecule has 156 valence electrons. The maximum Gasteiger partial charge on any atom is 0.341 e. The van der Waals surface area contributed by atoms with Gasteiger partial charge in [-0.05, 0) is 42.4 Å². The zero-order valence-corrected chi connectivity index (χ0v) is 17.7. The Morgan fingerprint density at radius 2 is 1.93 bits per heavy atom. The summed E-state index contributed by atoms with van der Waals surface area (Å²) in [5, 5.41) is 10.7. The number of hydrogen-bond donors (Lipinski definition) is 2. The van der Waals surface area contributed by atoms with E-state index >= 15 is 0 Å². The second-order valence-electron chi connectivity index (χ2n) is 9.62. The molecule has 0 amide bonds. The van der Waals surface area contributed by atoms with E-state index in [1.165, 1.54) is 35.5 Å². The van der Waals surface area contributed by atoms with Gasteiger partial charge in [0.2, 0.25) is 0 Å². The SMILES string of the molecule is CC(C)(C)[C@@H]1Cc2c(cc(N3CCCC3)c3[nH]ccc23)-c2cc(=O)c(C(=O)O)cn21. The number of rotatable bonds is 2. The normalized spacial score (nSPS) is 18.5. The second-order valence-corrected chi connectivity index (χ2v) is 9.62. The third kappa shape index (κ3) is 2.77. The predicted octanol–water partition coefficient (Wildman–Crippen LogP) is 4.44. The molecule has 6 nitrogen and oxygen atoms in total. The predicted molar refractivity (Wildman–Crippen MR) is 119 cm³/mol. The van der Waals surface area contributed by atoms with Crippen LogP contribution in [0.4, 0.5) is 5.69 Å². The number of hydrogen-bond acceptors (Lipinski definition) is 3. The summed E-state index contributed by atoms with van der Waals surface area (Å²) in [5.74, 6) is -1.17. The summed E-state index contributed by atoms with van der Waals surface area (Å²) < 4.78 is 2.03. The summed E-state index contributed by atoms with van der Waals surface area (Å²) in [6.07, 6.45) is 6.71. The van der Waals surface area contributed by atoms with Gasteiger partial charge < -0.3 is 19.6 Å². The number of aromatic amines is 1. The van der Waals surface area contributed by atoms with Crippen molar-refractivity contribution in [1.82, 2.24) is 9.55 Å². The minimum absolute atomic E-state index is 0.0504. The van der Waals surface area contributed by atoms with E-state index < -0.39 is 11.4 Å². The number of pyridine rings is 1. The first kappa shape index (κ1) is 19.0. The van der Waals surface area contributed by atoms with Crippen molar-refractivity contribution < 1.29 is 9.90 Å². The van der Waals surface area contributed by atoms with Gasteiger partial charge in [0.05, 0.1) is 16.9 Å². The van der Waals surface area contributed by atoms with Crippen molar-refractivity contribution in [3.8, 4) is 11.3 Å². The number of aromatic carboxylic acids is 1. The van der Waals surface area contributed by atoms with Crippen molar-refractivity contribution in [1.29, 1.82) is 0 Å². The van der Waals surface area contributed by atoms with Gasteiger partial charge in [0.25, 0.3) is 0 Å². The maximum atomic E-state index is 12.6. The van der Waals surface area contributed by atoms with Gasteiger partial charge in [0.15, 0.2) is 5.43 Å². The number of H-pyrrole nitrogens is 1. The smallest absolute Gasteiger partial charge is 0.341 e. The molecule has 2 N–H and O–H groups in total. The third-order valence-corrected chi connectivity index (χ3v) is 6.70. The number of carboxylic acids is 1. The van der Waals surface area contributed by atoms with E-state index in [4.69, 9.17) is 0 Å². The van der Waals surface area contributed by atoms with Gasteiger partial charge in [0, 0.05) is 48.5 Å². The summed E-state index contributed by atoms with van der Waals surface area (Å²) in [6.45, 7) is 8.55. The van der Waals surface area contributed by atoms with Crippen LogP contribution >= 0.6 is 0 Å². The fourth-order valence-electron chi connectivity index (χ4n) is 5.13. The Kier molecular flexibility index (Phi) is 4.10. The summed E-state index contributed by atoms with van der Waals surface area (Å²) >= 11 is 0. The summed E-state index contributed by atoms with van der Waals surface area (Å²) in [4.78, 5) is 30.1. The molecule has 0 spiro atoms. The Hall–Kier alpha value is -3.02. The van der Waals surface area contributed by atoms with Gasteiger partial charge in [-0.25, -0.2) is 4.79 Å². The molecular formula is C24H27N3O3. The van der Waals surface area contributed by atoms with Crippen LogP contribution in [0, 0.1) is 5.41 Å². The first-order valence-electron chi connectivity index (χ1n) is 10.6. The Morgan fingerprint density at radius 3 is 2.60 bits per heavy atom. The molecule has 6 heteroatoms. The quantitative estimate of drug-likeness (QED) is 0.661. The zero-order chi connectivity index (χ0) is 21.2. The highest BCUT2D eigenvalue weighted by atomic mass is 16.4. The zero-order valence-electron chi connectivity index (χ0n) is 17.7. The average molecular weight is 405 g/mol. The lowest BCUT2D eigenvalue weighted by atomic mass is 9.78. The minimum Gasteiger partial charge on any atom is -0.477 e. The molecule has 0 saturated carbocycles. The molecule has 4 heterocycles. The topological polar surface area (TPSA) is 78.3 Å². The van der Waals surface area contributed by atoms with E-state index in [2.05, 4.69) is 42.8 Å². The van der Waals surface area contributed by atoms with Gasteiger partial charge in [0.1, 0.15) is 5.56 Å².